The summed E-state index contributed by atoms with van der Waals surface area (Å²) in [5.74, 6) is 0.0349. The highest BCUT2D eigenvalue weighted by Gasteiger charge is 2.39. The van der Waals surface area contributed by atoms with Crippen molar-refractivity contribution in [3.8, 4) is 0 Å². The van der Waals surface area contributed by atoms with Crippen molar-refractivity contribution in [2.45, 2.75) is 43.8 Å². The van der Waals surface area contributed by atoms with Crippen LogP contribution in [-0.2, 0) is 10.9 Å². The van der Waals surface area contributed by atoms with E-state index in [4.69, 9.17) is 4.74 Å². The van der Waals surface area contributed by atoms with Crippen LogP contribution in [-0.4, -0.2) is 53.3 Å². The van der Waals surface area contributed by atoms with Crippen LogP contribution in [0, 0.1) is 0 Å². The molecule has 2 fully saturated rings. The third-order valence-corrected chi connectivity index (χ3v) is 4.97. The van der Waals surface area contributed by atoms with Crippen molar-refractivity contribution in [3.63, 3.8) is 0 Å². The Kier molecular flexibility index (Phi) is 5.24. The molecule has 1 aromatic heterocycles. The fraction of sp³-hybridized carbons (Fsp3) is 0.750. The summed E-state index contributed by atoms with van der Waals surface area (Å²) in [6.45, 7) is 3.97. The molecular formula is C16H23F3N4O. The molecule has 0 amide bonds. The van der Waals surface area contributed by atoms with Crippen LogP contribution >= 0.6 is 0 Å². The number of aromatic nitrogens is 2. The third kappa shape index (κ3) is 3.97. The molecule has 1 aromatic rings. The molecule has 0 radical (unpaired) electrons. The average molecular weight is 344 g/mol. The Morgan fingerprint density at radius 2 is 1.88 bits per heavy atom. The maximum absolute atomic E-state index is 12.8. The number of nitrogens with one attached hydrogen (secondary N) is 1. The minimum Gasteiger partial charge on any atom is -0.381 e. The molecule has 0 aromatic carbocycles. The Bertz CT molecular complexity index is 540. The Morgan fingerprint density at radius 3 is 2.54 bits per heavy atom. The van der Waals surface area contributed by atoms with E-state index in [1.165, 1.54) is 19.3 Å². The zero-order chi connectivity index (χ0) is 17.0. The van der Waals surface area contributed by atoms with E-state index in [1.54, 1.807) is 0 Å². The maximum Gasteiger partial charge on any atom is 0.433 e. The lowest BCUT2D eigenvalue weighted by atomic mass is 9.86. The molecule has 0 spiro atoms. The second kappa shape index (κ2) is 7.23. The van der Waals surface area contributed by atoms with E-state index in [2.05, 4.69) is 20.2 Å². The summed E-state index contributed by atoms with van der Waals surface area (Å²) in [5.41, 5.74) is -1.00. The molecular weight excluding hydrogens is 321 g/mol. The number of piperidine rings is 1. The number of alkyl halides is 3. The molecule has 24 heavy (non-hydrogen) atoms. The second-order valence-electron chi connectivity index (χ2n) is 6.50. The molecule has 0 saturated carbocycles. The average Bonchev–Trinajstić information content (AvgIpc) is 2.61. The van der Waals surface area contributed by atoms with Gasteiger partial charge in [0.05, 0.1) is 0 Å². The summed E-state index contributed by atoms with van der Waals surface area (Å²) in [7, 11) is 0. The van der Waals surface area contributed by atoms with E-state index >= 15 is 0 Å². The predicted octanol–water partition coefficient (Wildman–Crippen LogP) is 2.94. The lowest BCUT2D eigenvalue weighted by Gasteiger charge is -2.48. The number of anilines is 1. The zero-order valence-electron chi connectivity index (χ0n) is 13.6. The van der Waals surface area contributed by atoms with Gasteiger partial charge < -0.3 is 10.1 Å². The van der Waals surface area contributed by atoms with Crippen molar-refractivity contribution in [1.29, 1.82) is 0 Å². The highest BCUT2D eigenvalue weighted by atomic mass is 19.4. The van der Waals surface area contributed by atoms with Gasteiger partial charge in [-0.2, -0.15) is 13.2 Å². The van der Waals surface area contributed by atoms with Gasteiger partial charge in [-0.3, -0.25) is 4.90 Å². The van der Waals surface area contributed by atoms with E-state index in [1.807, 2.05) is 0 Å². The Labute approximate surface area is 139 Å². The smallest absolute Gasteiger partial charge is 0.381 e. The summed E-state index contributed by atoms with van der Waals surface area (Å²) < 4.78 is 43.9. The molecule has 3 heterocycles. The summed E-state index contributed by atoms with van der Waals surface area (Å²) in [6.07, 6.45) is 2.02. The molecule has 0 aliphatic carbocycles. The van der Waals surface area contributed by atoms with Crippen LogP contribution in [0.3, 0.4) is 0 Å². The molecule has 8 heteroatoms. The van der Waals surface area contributed by atoms with Gasteiger partial charge in [-0.15, -0.1) is 0 Å². The molecule has 134 valence electrons. The van der Waals surface area contributed by atoms with Crippen molar-refractivity contribution in [2.24, 2.45) is 0 Å². The highest BCUT2D eigenvalue weighted by Crippen LogP contribution is 2.31. The van der Waals surface area contributed by atoms with Crippen LogP contribution in [0.4, 0.5) is 19.1 Å². The van der Waals surface area contributed by atoms with Gasteiger partial charge in [0, 0.05) is 31.5 Å². The predicted molar refractivity (Wildman–Crippen MR) is 83.7 cm³/mol. The normalized spacial score (nSPS) is 22.3. The second-order valence-corrected chi connectivity index (χ2v) is 6.50. The van der Waals surface area contributed by atoms with Crippen LogP contribution in [0.2, 0.25) is 0 Å². The van der Waals surface area contributed by atoms with Crippen molar-refractivity contribution in [1.82, 2.24) is 14.9 Å². The molecule has 5 nitrogen and oxygen atoms in total. The molecule has 3 rings (SSSR count). The van der Waals surface area contributed by atoms with Crippen LogP contribution in [0.1, 0.15) is 37.8 Å². The number of ether oxygens (including phenoxy) is 1. The minimum atomic E-state index is -4.46. The number of rotatable bonds is 4. The SMILES string of the molecule is FC(F)(F)c1ccnc(NCC2(N3CCCCC3)CCOCC2)n1. The first-order valence-corrected chi connectivity index (χ1v) is 8.47. The van der Waals surface area contributed by atoms with Gasteiger partial charge in [0.1, 0.15) is 5.69 Å². The van der Waals surface area contributed by atoms with Crippen LogP contribution in [0.15, 0.2) is 12.3 Å². The quantitative estimate of drug-likeness (QED) is 0.910. The zero-order valence-corrected chi connectivity index (χ0v) is 13.6. The first-order valence-electron chi connectivity index (χ1n) is 8.47. The summed E-state index contributed by atoms with van der Waals surface area (Å²) in [6, 6.07) is 0.889. The molecule has 0 bridgehead atoms. The molecule has 2 aliphatic heterocycles. The van der Waals surface area contributed by atoms with Crippen molar-refractivity contribution < 1.29 is 17.9 Å². The number of hydrogen-bond acceptors (Lipinski definition) is 5. The van der Waals surface area contributed by atoms with E-state index in [-0.39, 0.29) is 11.5 Å². The van der Waals surface area contributed by atoms with Gasteiger partial charge in [0.25, 0.3) is 0 Å². The van der Waals surface area contributed by atoms with Gasteiger partial charge in [0.15, 0.2) is 0 Å². The van der Waals surface area contributed by atoms with Gasteiger partial charge >= 0.3 is 6.18 Å². The van der Waals surface area contributed by atoms with Crippen molar-refractivity contribution >= 4 is 5.95 Å². The minimum absolute atomic E-state index is 0.0349. The lowest BCUT2D eigenvalue weighted by molar-refractivity contribution is -0.141. The van der Waals surface area contributed by atoms with Crippen molar-refractivity contribution in [2.75, 3.05) is 38.2 Å². The van der Waals surface area contributed by atoms with Crippen LogP contribution < -0.4 is 5.32 Å². The number of hydrogen-bond donors (Lipinski definition) is 1. The van der Waals surface area contributed by atoms with Gasteiger partial charge in [-0.1, -0.05) is 6.42 Å². The Hall–Kier alpha value is -1.41. The molecule has 0 unspecified atom stereocenters. The van der Waals surface area contributed by atoms with E-state index < -0.39 is 11.9 Å². The molecule has 2 aliphatic rings. The fourth-order valence-corrected chi connectivity index (χ4v) is 3.57. The van der Waals surface area contributed by atoms with Crippen molar-refractivity contribution in [3.05, 3.63) is 18.0 Å². The Morgan fingerprint density at radius 1 is 1.17 bits per heavy atom. The number of nitrogens with zero attached hydrogens (tertiary/aromatic N) is 3. The standard InChI is InChI=1S/C16H23F3N4O/c17-16(18,19)13-4-7-20-14(22-13)21-12-15(5-10-24-11-6-15)23-8-2-1-3-9-23/h4,7H,1-3,5-6,8-12H2,(H,20,21,22). The number of halogens is 3. The van der Waals surface area contributed by atoms with Gasteiger partial charge in [-0.05, 0) is 44.8 Å². The summed E-state index contributed by atoms with van der Waals surface area (Å²) >= 11 is 0. The first-order chi connectivity index (χ1) is 11.5. The molecule has 1 N–H and O–H groups in total. The third-order valence-electron chi connectivity index (χ3n) is 4.97. The number of likely N-dealkylation sites (tertiary alicyclic amines) is 1. The summed E-state index contributed by atoms with van der Waals surface area (Å²) in [5, 5.41) is 3.05. The van der Waals surface area contributed by atoms with Crippen LogP contribution in [0.5, 0.6) is 0 Å². The van der Waals surface area contributed by atoms with E-state index in [0.717, 1.165) is 38.2 Å². The molecule has 0 atom stereocenters. The Balaban J connectivity index is 1.71. The van der Waals surface area contributed by atoms with Crippen LogP contribution in [0.25, 0.3) is 0 Å². The van der Waals surface area contributed by atoms with Gasteiger partial charge in [0.2, 0.25) is 5.95 Å². The van der Waals surface area contributed by atoms with Gasteiger partial charge in [-0.25, -0.2) is 9.97 Å². The van der Waals surface area contributed by atoms with E-state index in [0.29, 0.717) is 19.8 Å². The largest absolute Gasteiger partial charge is 0.433 e. The lowest BCUT2D eigenvalue weighted by Crippen LogP contribution is -2.57. The monoisotopic (exact) mass is 344 g/mol. The fourth-order valence-electron chi connectivity index (χ4n) is 3.57. The highest BCUT2D eigenvalue weighted by molar-refractivity contribution is 5.27. The first kappa shape index (κ1) is 17.4. The maximum atomic E-state index is 12.8. The topological polar surface area (TPSA) is 50.3 Å². The summed E-state index contributed by atoms with van der Waals surface area (Å²) in [4.78, 5) is 10.0. The van der Waals surface area contributed by atoms with E-state index in [9.17, 15) is 13.2 Å². The molecule has 2 saturated heterocycles.